The Morgan fingerprint density at radius 3 is 2.34 bits per heavy atom. The van der Waals surface area contributed by atoms with Crippen LogP contribution in [0.4, 0.5) is 27.4 Å². The molecule has 0 radical (unpaired) electrons. The summed E-state index contributed by atoms with van der Waals surface area (Å²) in [4.78, 5) is 35.6. The molecule has 2 atom stereocenters. The van der Waals surface area contributed by atoms with Crippen molar-refractivity contribution in [3.8, 4) is 17.0 Å². The van der Waals surface area contributed by atoms with Crippen molar-refractivity contribution < 1.29 is 18.7 Å². The molecule has 0 bridgehead atoms. The second kappa shape index (κ2) is 18.4. The number of halogens is 2. The molecule has 4 rings (SSSR count). The standard InChI is InChI=1S/C25H31N7O.C4H9NO.C2H2ClFO/c1-26-21-14-22(24(33-5)15-23(21)32(4)13-12-31(2)3)30-25-27-11-10-20(29-25)18-16-28-19-9-7-6-8-17(18)19;1-4(3-6)5-2;3-2(4)1-5/h6-11,14-16,26,28H,12-13H2,1-5H3,(H,27,29,30);3-5H,1-2H3;1-2H/t;4-;/m.0./s1. The quantitative estimate of drug-likeness (QED) is 0.127. The Labute approximate surface area is 263 Å². The normalized spacial score (nSPS) is 11.8. The molecule has 13 heteroatoms. The molecule has 4 aromatic rings. The molecule has 2 heterocycles. The number of H-pyrrole nitrogens is 1. The monoisotopic (exact) mass is 628 g/mol. The molecule has 0 aliphatic rings. The maximum absolute atomic E-state index is 10.8. The minimum Gasteiger partial charge on any atom is -0.494 e. The van der Waals surface area contributed by atoms with Gasteiger partial charge >= 0.3 is 0 Å². The van der Waals surface area contributed by atoms with Gasteiger partial charge in [-0.05, 0) is 46.3 Å². The van der Waals surface area contributed by atoms with Gasteiger partial charge in [0.2, 0.25) is 11.6 Å². The summed E-state index contributed by atoms with van der Waals surface area (Å²) >= 11 is 4.43. The minimum atomic E-state index is -1.82. The van der Waals surface area contributed by atoms with Crippen molar-refractivity contribution in [1.29, 1.82) is 0 Å². The summed E-state index contributed by atoms with van der Waals surface area (Å²) in [5.41, 5.74) is 3.99. The molecule has 1 unspecified atom stereocenters. The molecule has 0 aliphatic heterocycles. The van der Waals surface area contributed by atoms with Gasteiger partial charge in [-0.15, -0.1) is 0 Å². The molecule has 0 fully saturated rings. The van der Waals surface area contributed by atoms with Crippen molar-refractivity contribution in [1.82, 2.24) is 25.2 Å². The number of likely N-dealkylation sites (N-methyl/N-ethyl adjacent to an activating group) is 3. The van der Waals surface area contributed by atoms with Crippen LogP contribution in [-0.2, 0) is 9.59 Å². The molecule has 11 nitrogen and oxygen atoms in total. The Kier molecular flexibility index (Phi) is 15.0. The van der Waals surface area contributed by atoms with E-state index in [1.165, 1.54) is 0 Å². The van der Waals surface area contributed by atoms with Crippen LogP contribution in [0.25, 0.3) is 22.2 Å². The number of carbonyl (C=O) groups excluding carboxylic acids is 2. The van der Waals surface area contributed by atoms with E-state index in [-0.39, 0.29) is 12.3 Å². The number of aromatic amines is 1. The van der Waals surface area contributed by atoms with Crippen LogP contribution in [0.15, 0.2) is 54.9 Å². The van der Waals surface area contributed by atoms with E-state index in [1.54, 1.807) is 27.3 Å². The topological polar surface area (TPSA) is 128 Å². The van der Waals surface area contributed by atoms with Gasteiger partial charge in [-0.3, -0.25) is 4.79 Å². The first-order chi connectivity index (χ1) is 21.1. The fourth-order valence-corrected chi connectivity index (χ4v) is 3.86. The Bertz CT molecular complexity index is 1470. The molecule has 0 saturated carbocycles. The number of ether oxygens (including phenoxy) is 1. The lowest BCUT2D eigenvalue weighted by Crippen LogP contribution is -2.29. The number of aldehydes is 2. The molecule has 238 valence electrons. The number of carbonyl (C=O) groups is 2. The maximum Gasteiger partial charge on any atom is 0.228 e. The highest BCUT2D eigenvalue weighted by molar-refractivity contribution is 6.26. The summed E-state index contributed by atoms with van der Waals surface area (Å²) in [6.45, 7) is 3.65. The van der Waals surface area contributed by atoms with Gasteiger partial charge in [-0.1, -0.05) is 29.8 Å². The van der Waals surface area contributed by atoms with E-state index < -0.39 is 5.63 Å². The third-order valence-corrected chi connectivity index (χ3v) is 6.51. The highest BCUT2D eigenvalue weighted by Gasteiger charge is 2.15. The Balaban J connectivity index is 0.000000526. The molecule has 0 saturated heterocycles. The Morgan fingerprint density at radius 2 is 1.77 bits per heavy atom. The van der Waals surface area contributed by atoms with Crippen LogP contribution < -0.4 is 25.6 Å². The van der Waals surface area contributed by atoms with Crippen molar-refractivity contribution in [3.63, 3.8) is 0 Å². The number of para-hydroxylation sites is 1. The first-order valence-corrected chi connectivity index (χ1v) is 14.3. The van der Waals surface area contributed by atoms with Crippen molar-refractivity contribution in [2.75, 3.05) is 71.0 Å². The largest absolute Gasteiger partial charge is 0.494 e. The SMILES string of the molecule is CN[C@@H](C)C=O.CNc1cc(Nc2nccc(-c3c[nH]c4ccccc34)n2)c(OC)cc1N(C)CCN(C)C.O=CC(F)Cl. The second-order valence-electron chi connectivity index (χ2n) is 9.87. The molecular formula is C31H42ClFN8O3. The van der Waals surface area contributed by atoms with Gasteiger partial charge < -0.3 is 40.3 Å². The molecule has 2 aromatic heterocycles. The number of fused-ring (bicyclic) bond motifs is 1. The fraction of sp³-hybridized carbons (Fsp3) is 0.355. The van der Waals surface area contributed by atoms with E-state index in [0.717, 1.165) is 64.3 Å². The summed E-state index contributed by atoms with van der Waals surface area (Å²) in [7, 11) is 11.6. The zero-order chi connectivity index (χ0) is 32.6. The number of rotatable bonds is 12. The van der Waals surface area contributed by atoms with Crippen molar-refractivity contribution in [3.05, 3.63) is 54.9 Å². The number of nitrogens with zero attached hydrogens (tertiary/aromatic N) is 4. The molecule has 0 spiro atoms. The van der Waals surface area contributed by atoms with Crippen molar-refractivity contribution in [2.45, 2.75) is 18.6 Å². The van der Waals surface area contributed by atoms with E-state index in [2.05, 4.69) is 80.6 Å². The number of methoxy groups -OCH3 is 1. The zero-order valence-corrected chi connectivity index (χ0v) is 26.9. The van der Waals surface area contributed by atoms with Crippen LogP contribution in [0.1, 0.15) is 6.92 Å². The van der Waals surface area contributed by atoms with Gasteiger partial charge in [0.05, 0.1) is 35.9 Å². The minimum absolute atomic E-state index is 0.00463. The molecule has 0 aliphatic carbocycles. The van der Waals surface area contributed by atoms with Crippen LogP contribution in [0, 0.1) is 0 Å². The smallest absolute Gasteiger partial charge is 0.228 e. The number of hydrogen-bond acceptors (Lipinski definition) is 10. The van der Waals surface area contributed by atoms with Gasteiger partial charge in [-0.25, -0.2) is 14.4 Å². The lowest BCUT2D eigenvalue weighted by atomic mass is 10.1. The lowest BCUT2D eigenvalue weighted by molar-refractivity contribution is -0.110. The molecule has 44 heavy (non-hydrogen) atoms. The Hall–Kier alpha value is -4.26. The third kappa shape index (κ3) is 10.8. The third-order valence-electron chi connectivity index (χ3n) is 6.41. The summed E-state index contributed by atoms with van der Waals surface area (Å²) < 4.78 is 16.5. The van der Waals surface area contributed by atoms with Crippen molar-refractivity contribution >= 4 is 58.1 Å². The average Bonchev–Trinajstić information content (AvgIpc) is 3.48. The second-order valence-corrected chi connectivity index (χ2v) is 10.3. The van der Waals surface area contributed by atoms with Crippen LogP contribution in [-0.4, -0.2) is 99.5 Å². The predicted molar refractivity (Wildman–Crippen MR) is 178 cm³/mol. The van der Waals surface area contributed by atoms with Crippen LogP contribution in [0.3, 0.4) is 0 Å². The van der Waals surface area contributed by atoms with E-state index in [0.29, 0.717) is 5.95 Å². The van der Waals surface area contributed by atoms with Crippen LogP contribution in [0.2, 0.25) is 0 Å². The van der Waals surface area contributed by atoms with Crippen LogP contribution >= 0.6 is 11.6 Å². The number of hydrogen-bond donors (Lipinski definition) is 4. The lowest BCUT2D eigenvalue weighted by Gasteiger charge is -2.25. The Morgan fingerprint density at radius 1 is 1.07 bits per heavy atom. The molecule has 4 N–H and O–H groups in total. The number of anilines is 4. The highest BCUT2D eigenvalue weighted by Crippen LogP contribution is 2.38. The number of aromatic nitrogens is 3. The highest BCUT2D eigenvalue weighted by atomic mass is 35.5. The van der Waals surface area contributed by atoms with Gasteiger partial charge in [0, 0.05) is 62.1 Å². The van der Waals surface area contributed by atoms with E-state index >= 15 is 0 Å². The van der Waals surface area contributed by atoms with Crippen LogP contribution in [0.5, 0.6) is 5.75 Å². The van der Waals surface area contributed by atoms with E-state index in [4.69, 9.17) is 14.5 Å². The van der Waals surface area contributed by atoms with E-state index in [1.807, 2.05) is 43.6 Å². The summed E-state index contributed by atoms with van der Waals surface area (Å²) in [6.07, 6.45) is 4.62. The number of alkyl halides is 2. The van der Waals surface area contributed by atoms with E-state index in [9.17, 15) is 9.18 Å². The first-order valence-electron chi connectivity index (χ1n) is 13.9. The summed E-state index contributed by atoms with van der Waals surface area (Å²) in [6, 6.07) is 14.2. The fourth-order valence-electron chi connectivity index (χ4n) is 3.86. The summed E-state index contributed by atoms with van der Waals surface area (Å²) in [5, 5.41) is 10.5. The average molecular weight is 629 g/mol. The first kappa shape index (κ1) is 35.9. The van der Waals surface area contributed by atoms with Gasteiger partial charge in [0.15, 0.2) is 6.29 Å². The predicted octanol–water partition coefficient (Wildman–Crippen LogP) is 4.93. The molecule has 0 amide bonds. The van der Waals surface area contributed by atoms with Crippen molar-refractivity contribution in [2.24, 2.45) is 0 Å². The number of benzene rings is 2. The van der Waals surface area contributed by atoms with Gasteiger partial charge in [-0.2, -0.15) is 0 Å². The molecular weight excluding hydrogens is 587 g/mol. The maximum atomic E-state index is 10.8. The summed E-state index contributed by atoms with van der Waals surface area (Å²) in [5.74, 6) is 1.23. The van der Waals surface area contributed by atoms with Gasteiger partial charge in [0.1, 0.15) is 12.0 Å². The zero-order valence-electron chi connectivity index (χ0n) is 26.2. The number of nitrogens with one attached hydrogen (secondary N) is 4. The van der Waals surface area contributed by atoms with Gasteiger partial charge in [0.25, 0.3) is 0 Å². The molecule has 2 aromatic carbocycles.